The van der Waals surface area contributed by atoms with Gasteiger partial charge in [0.05, 0.1) is 0 Å². The van der Waals surface area contributed by atoms with Gasteiger partial charge in [-0.15, -0.1) is 0 Å². The number of hydrogen-bond acceptors (Lipinski definition) is 2. The molecule has 6 nitrogen and oxygen atoms in total. The summed E-state index contributed by atoms with van der Waals surface area (Å²) < 4.78 is 0. The summed E-state index contributed by atoms with van der Waals surface area (Å²) in [6.45, 7) is 8.85. The normalized spacial score (nSPS) is 25.0. The van der Waals surface area contributed by atoms with Gasteiger partial charge in [0, 0.05) is 37.1 Å². The molecule has 2 N–H and O–H groups in total. The van der Waals surface area contributed by atoms with Crippen molar-refractivity contribution < 1.29 is 9.59 Å². The minimum absolute atomic E-state index is 0.00675. The fourth-order valence-electron chi connectivity index (χ4n) is 6.61. The van der Waals surface area contributed by atoms with Gasteiger partial charge in [-0.2, -0.15) is 0 Å². The molecule has 2 aromatic carbocycles. The van der Waals surface area contributed by atoms with Crippen LogP contribution in [0.4, 0.5) is 21.0 Å². The summed E-state index contributed by atoms with van der Waals surface area (Å²) in [5.41, 5.74) is 4.50. The van der Waals surface area contributed by atoms with Gasteiger partial charge >= 0.3 is 12.1 Å². The largest absolute Gasteiger partial charge is 0.337 e. The molecule has 6 heteroatoms. The summed E-state index contributed by atoms with van der Waals surface area (Å²) in [5, 5.41) is 6.55. The molecule has 0 bridgehead atoms. The molecule has 0 spiro atoms. The van der Waals surface area contributed by atoms with E-state index < -0.39 is 0 Å². The van der Waals surface area contributed by atoms with Crippen molar-refractivity contribution in [2.24, 2.45) is 10.8 Å². The Hall–Kier alpha value is -3.02. The molecule has 34 heavy (non-hydrogen) atoms. The number of benzene rings is 2. The molecule has 4 amide bonds. The molecule has 0 saturated heterocycles. The fraction of sp³-hybridized carbons (Fsp3) is 0.500. The molecule has 2 heterocycles. The predicted octanol–water partition coefficient (Wildman–Crippen LogP) is 5.12. The van der Waals surface area contributed by atoms with Crippen molar-refractivity contribution in [1.82, 2.24) is 10.6 Å². The minimum Gasteiger partial charge on any atom is -0.337 e. The number of fused-ring (bicyclic) bond motifs is 2. The Morgan fingerprint density at radius 2 is 1.41 bits per heavy atom. The lowest BCUT2D eigenvalue weighted by Gasteiger charge is -2.47. The van der Waals surface area contributed by atoms with Crippen LogP contribution in [0.5, 0.6) is 0 Å². The summed E-state index contributed by atoms with van der Waals surface area (Å²) in [7, 11) is 0. The van der Waals surface area contributed by atoms with Gasteiger partial charge in [0.2, 0.25) is 0 Å². The monoisotopic (exact) mass is 460 g/mol. The summed E-state index contributed by atoms with van der Waals surface area (Å²) in [4.78, 5) is 30.0. The maximum Gasteiger partial charge on any atom is 0.322 e. The predicted molar refractivity (Wildman–Crippen MR) is 136 cm³/mol. The molecule has 1 fully saturated rings. The standard InChI is InChI=1S/C28H36N4O2/c1-27(2)16-22(30-26(34)32-15-13-21-9-5-7-11-24(21)32)17-28(3,18-27)19-29-25(33)31-14-12-20-8-4-6-10-23(20)31/h4-11,22H,12-19H2,1-3H3,(H,29,33)(H,30,34)/t22-,28-/m0/s1. The number of para-hydroxylation sites is 2. The number of rotatable bonds is 3. The van der Waals surface area contributed by atoms with Crippen molar-refractivity contribution in [2.45, 2.75) is 58.9 Å². The molecule has 2 atom stereocenters. The second-order valence-electron chi connectivity index (χ2n) is 11.4. The topological polar surface area (TPSA) is 64.7 Å². The SMILES string of the molecule is CC1(C)C[C@H](NC(=O)N2CCc3ccccc32)C[C@](C)(CNC(=O)N2CCc3ccccc32)C1. The zero-order valence-electron chi connectivity index (χ0n) is 20.6. The van der Waals surface area contributed by atoms with Crippen molar-refractivity contribution in [3.05, 3.63) is 59.7 Å². The van der Waals surface area contributed by atoms with Crippen LogP contribution in [0.3, 0.4) is 0 Å². The van der Waals surface area contributed by atoms with E-state index in [-0.39, 0.29) is 28.9 Å². The van der Waals surface area contributed by atoms with Crippen LogP contribution in [0.2, 0.25) is 0 Å². The van der Waals surface area contributed by atoms with Gasteiger partial charge in [-0.05, 0) is 66.2 Å². The highest BCUT2D eigenvalue weighted by Crippen LogP contribution is 2.46. The molecular formula is C28H36N4O2. The maximum absolute atomic E-state index is 13.2. The van der Waals surface area contributed by atoms with Crippen molar-refractivity contribution >= 4 is 23.4 Å². The number of hydrogen-bond donors (Lipinski definition) is 2. The molecule has 1 saturated carbocycles. The summed E-state index contributed by atoms with van der Waals surface area (Å²) in [5.74, 6) is 0. The van der Waals surface area contributed by atoms with E-state index in [9.17, 15) is 9.59 Å². The van der Waals surface area contributed by atoms with E-state index in [1.165, 1.54) is 11.1 Å². The Morgan fingerprint density at radius 1 is 0.853 bits per heavy atom. The lowest BCUT2D eigenvalue weighted by Crippen LogP contribution is -2.53. The molecule has 0 radical (unpaired) electrons. The highest BCUT2D eigenvalue weighted by molar-refractivity contribution is 5.95. The molecule has 2 aromatic rings. The highest BCUT2D eigenvalue weighted by Gasteiger charge is 2.42. The lowest BCUT2D eigenvalue weighted by atomic mass is 9.62. The average Bonchev–Trinajstić information content (AvgIpc) is 3.41. The second kappa shape index (κ2) is 8.64. The van der Waals surface area contributed by atoms with Crippen molar-refractivity contribution in [3.8, 4) is 0 Å². The van der Waals surface area contributed by atoms with E-state index in [1.807, 2.05) is 46.2 Å². The van der Waals surface area contributed by atoms with Gasteiger partial charge < -0.3 is 10.6 Å². The third kappa shape index (κ3) is 4.50. The van der Waals surface area contributed by atoms with E-state index in [1.54, 1.807) is 0 Å². The number of nitrogens with one attached hydrogen (secondary N) is 2. The Balaban J connectivity index is 1.23. The first-order valence-electron chi connectivity index (χ1n) is 12.5. The molecular weight excluding hydrogens is 424 g/mol. The van der Waals surface area contributed by atoms with Crippen molar-refractivity contribution in [1.29, 1.82) is 0 Å². The van der Waals surface area contributed by atoms with Crippen LogP contribution in [0, 0.1) is 10.8 Å². The molecule has 3 aliphatic rings. The average molecular weight is 461 g/mol. The fourth-order valence-corrected chi connectivity index (χ4v) is 6.61. The molecule has 180 valence electrons. The van der Waals surface area contributed by atoms with Crippen LogP contribution < -0.4 is 20.4 Å². The third-order valence-electron chi connectivity index (χ3n) is 7.70. The van der Waals surface area contributed by atoms with Gasteiger partial charge in [0.15, 0.2) is 0 Å². The van der Waals surface area contributed by atoms with E-state index in [2.05, 4.69) is 43.5 Å². The van der Waals surface area contributed by atoms with E-state index in [4.69, 9.17) is 0 Å². The van der Waals surface area contributed by atoms with E-state index >= 15 is 0 Å². The number of anilines is 2. The first-order chi connectivity index (χ1) is 16.2. The first-order valence-corrected chi connectivity index (χ1v) is 12.5. The van der Waals surface area contributed by atoms with Crippen LogP contribution in [0.1, 0.15) is 51.2 Å². The Morgan fingerprint density at radius 3 is 2.03 bits per heavy atom. The lowest BCUT2D eigenvalue weighted by molar-refractivity contribution is 0.0756. The molecule has 2 aliphatic heterocycles. The number of carbonyl (C=O) groups excluding carboxylic acids is 2. The Bertz CT molecular complexity index is 1100. The molecule has 1 aliphatic carbocycles. The van der Waals surface area contributed by atoms with Gasteiger partial charge in [0.25, 0.3) is 0 Å². The van der Waals surface area contributed by atoms with E-state index in [0.717, 1.165) is 56.6 Å². The van der Waals surface area contributed by atoms with Gasteiger partial charge in [0.1, 0.15) is 0 Å². The third-order valence-corrected chi connectivity index (χ3v) is 7.70. The first kappa shape index (κ1) is 22.8. The zero-order chi connectivity index (χ0) is 23.9. The summed E-state index contributed by atoms with van der Waals surface area (Å²) in [6, 6.07) is 16.3. The maximum atomic E-state index is 13.2. The van der Waals surface area contributed by atoms with Gasteiger partial charge in [-0.1, -0.05) is 57.2 Å². The highest BCUT2D eigenvalue weighted by atomic mass is 16.2. The minimum atomic E-state index is -0.0858. The van der Waals surface area contributed by atoms with Crippen LogP contribution in [-0.4, -0.2) is 37.7 Å². The van der Waals surface area contributed by atoms with Gasteiger partial charge in [-0.3, -0.25) is 9.80 Å². The quantitative estimate of drug-likeness (QED) is 0.668. The second-order valence-corrected chi connectivity index (χ2v) is 11.4. The van der Waals surface area contributed by atoms with Gasteiger partial charge in [-0.25, -0.2) is 9.59 Å². The zero-order valence-corrected chi connectivity index (χ0v) is 20.6. The molecule has 0 unspecified atom stereocenters. The Kier molecular flexibility index (Phi) is 5.78. The van der Waals surface area contributed by atoms with E-state index in [0.29, 0.717) is 6.54 Å². The summed E-state index contributed by atoms with van der Waals surface area (Å²) >= 11 is 0. The Labute approximate surface area is 202 Å². The number of nitrogens with zero attached hydrogens (tertiary/aromatic N) is 2. The van der Waals surface area contributed by atoms with Crippen LogP contribution >= 0.6 is 0 Å². The number of carbonyl (C=O) groups is 2. The number of amides is 4. The smallest absolute Gasteiger partial charge is 0.322 e. The van der Waals surface area contributed by atoms with Crippen LogP contribution in [0.15, 0.2) is 48.5 Å². The molecule has 0 aromatic heterocycles. The van der Waals surface area contributed by atoms with Crippen LogP contribution in [0.25, 0.3) is 0 Å². The summed E-state index contributed by atoms with van der Waals surface area (Å²) in [6.07, 6.45) is 4.62. The van der Waals surface area contributed by atoms with Crippen LogP contribution in [-0.2, 0) is 12.8 Å². The van der Waals surface area contributed by atoms with Crippen molar-refractivity contribution in [2.75, 3.05) is 29.4 Å². The number of urea groups is 2. The van der Waals surface area contributed by atoms with Crippen molar-refractivity contribution in [3.63, 3.8) is 0 Å². The molecule has 5 rings (SSSR count).